The minimum absolute atomic E-state index is 0.0132. The molecular weight excluding hydrogens is 319 g/mol. The van der Waals surface area contributed by atoms with Crippen LogP contribution in [0.25, 0.3) is 0 Å². The summed E-state index contributed by atoms with van der Waals surface area (Å²) in [7, 11) is 0. The molecule has 0 radical (unpaired) electrons. The maximum atomic E-state index is 12.6. The van der Waals surface area contributed by atoms with Crippen LogP contribution in [0.2, 0.25) is 5.02 Å². The predicted molar refractivity (Wildman–Crippen MR) is 80.9 cm³/mol. The smallest absolute Gasteiger partial charge is 0.309 e. The molecule has 2 aromatic rings. The molecule has 1 aromatic carbocycles. The van der Waals surface area contributed by atoms with Gasteiger partial charge in [-0.1, -0.05) is 30.7 Å². The Morgan fingerprint density at radius 1 is 1.19 bits per heavy atom. The largest absolute Gasteiger partial charge is 0.416 e. The summed E-state index contributed by atoms with van der Waals surface area (Å²) in [4.78, 5) is 1.01. The van der Waals surface area contributed by atoms with Crippen molar-refractivity contribution in [3.63, 3.8) is 0 Å². The maximum Gasteiger partial charge on any atom is 0.416 e. The highest BCUT2D eigenvalue weighted by atomic mass is 35.5. The molecule has 0 aliphatic heterocycles. The van der Waals surface area contributed by atoms with Crippen molar-refractivity contribution in [1.82, 2.24) is 5.32 Å². The summed E-state index contributed by atoms with van der Waals surface area (Å²) >= 11 is 7.69. The van der Waals surface area contributed by atoms with Crippen LogP contribution in [-0.4, -0.2) is 6.54 Å². The zero-order valence-electron chi connectivity index (χ0n) is 11.4. The van der Waals surface area contributed by atoms with Gasteiger partial charge in [0.2, 0.25) is 0 Å². The monoisotopic (exact) mass is 333 g/mol. The fourth-order valence-electron chi connectivity index (χ4n) is 2.12. The zero-order chi connectivity index (χ0) is 15.5. The average Bonchev–Trinajstić information content (AvgIpc) is 2.84. The van der Waals surface area contributed by atoms with E-state index in [1.807, 2.05) is 18.4 Å². The highest BCUT2D eigenvalue weighted by Gasteiger charge is 2.30. The van der Waals surface area contributed by atoms with Gasteiger partial charge >= 0.3 is 6.18 Å². The summed E-state index contributed by atoms with van der Waals surface area (Å²) in [5, 5.41) is 5.93. The molecule has 0 saturated heterocycles. The van der Waals surface area contributed by atoms with Gasteiger partial charge in [-0.05, 0) is 42.1 Å². The van der Waals surface area contributed by atoms with Crippen LogP contribution in [0.3, 0.4) is 0 Å². The van der Waals surface area contributed by atoms with Crippen molar-refractivity contribution in [1.29, 1.82) is 0 Å². The normalized spacial score (nSPS) is 13.4. The van der Waals surface area contributed by atoms with Crippen LogP contribution >= 0.6 is 22.9 Å². The predicted octanol–water partition coefficient (Wildman–Crippen LogP) is 5.31. The van der Waals surface area contributed by atoms with Crippen LogP contribution in [0.15, 0.2) is 35.7 Å². The van der Waals surface area contributed by atoms with E-state index < -0.39 is 11.7 Å². The third-order valence-corrected chi connectivity index (χ3v) is 4.61. The number of benzene rings is 1. The van der Waals surface area contributed by atoms with Crippen LogP contribution in [0.4, 0.5) is 13.2 Å². The number of likely N-dealkylation sites (N-methyl/N-ethyl adjacent to an activating group) is 1. The Morgan fingerprint density at radius 2 is 1.86 bits per heavy atom. The number of thiophene rings is 1. The van der Waals surface area contributed by atoms with E-state index >= 15 is 0 Å². The van der Waals surface area contributed by atoms with Crippen LogP contribution in [0.5, 0.6) is 0 Å². The van der Waals surface area contributed by atoms with Crippen molar-refractivity contribution in [2.24, 2.45) is 0 Å². The molecule has 0 saturated carbocycles. The van der Waals surface area contributed by atoms with Crippen molar-refractivity contribution in [2.45, 2.75) is 25.6 Å². The molecule has 0 amide bonds. The third-order valence-electron chi connectivity index (χ3n) is 3.13. The van der Waals surface area contributed by atoms with Gasteiger partial charge in [0.15, 0.2) is 0 Å². The fourth-order valence-corrected chi connectivity index (χ4v) is 3.39. The first-order valence-electron chi connectivity index (χ1n) is 6.54. The van der Waals surface area contributed by atoms with Crippen molar-refractivity contribution < 1.29 is 13.2 Å². The van der Waals surface area contributed by atoms with Gasteiger partial charge in [-0.25, -0.2) is 0 Å². The molecule has 6 heteroatoms. The SMILES string of the molecule is CCNC(Cc1ccc(C(F)(F)F)cc1)c1sccc1Cl. The lowest BCUT2D eigenvalue weighted by molar-refractivity contribution is -0.137. The van der Waals surface area contributed by atoms with Crippen molar-refractivity contribution in [3.8, 4) is 0 Å². The molecule has 1 N–H and O–H groups in total. The zero-order valence-corrected chi connectivity index (χ0v) is 12.9. The molecule has 2 rings (SSSR count). The van der Waals surface area contributed by atoms with Gasteiger partial charge < -0.3 is 5.32 Å². The van der Waals surface area contributed by atoms with Crippen LogP contribution in [0.1, 0.15) is 29.0 Å². The lowest BCUT2D eigenvalue weighted by Gasteiger charge is -2.17. The molecule has 0 fully saturated rings. The molecule has 1 unspecified atom stereocenters. The van der Waals surface area contributed by atoms with E-state index in [0.29, 0.717) is 11.4 Å². The molecule has 0 aliphatic rings. The van der Waals surface area contributed by atoms with Crippen molar-refractivity contribution in [3.05, 3.63) is 56.7 Å². The number of alkyl halides is 3. The number of hydrogen-bond acceptors (Lipinski definition) is 2. The quantitative estimate of drug-likeness (QED) is 0.781. The molecule has 0 aliphatic carbocycles. The molecule has 1 atom stereocenters. The van der Waals surface area contributed by atoms with Gasteiger partial charge in [0.05, 0.1) is 10.6 Å². The number of nitrogens with one attached hydrogen (secondary N) is 1. The summed E-state index contributed by atoms with van der Waals surface area (Å²) in [6.45, 7) is 2.75. The Kier molecular flexibility index (Phi) is 5.30. The second-order valence-corrected chi connectivity index (χ2v) is 6.00. The minimum Gasteiger partial charge on any atom is -0.309 e. The highest BCUT2D eigenvalue weighted by Crippen LogP contribution is 2.32. The minimum atomic E-state index is -4.29. The highest BCUT2D eigenvalue weighted by molar-refractivity contribution is 7.10. The van der Waals surface area contributed by atoms with E-state index in [2.05, 4.69) is 5.32 Å². The molecule has 114 valence electrons. The summed E-state index contributed by atoms with van der Waals surface area (Å²) in [6, 6.07) is 7.13. The molecule has 0 bridgehead atoms. The fraction of sp³-hybridized carbons (Fsp3) is 0.333. The summed E-state index contributed by atoms with van der Waals surface area (Å²) in [5.74, 6) is 0. The van der Waals surface area contributed by atoms with Crippen LogP contribution in [-0.2, 0) is 12.6 Å². The summed E-state index contributed by atoms with van der Waals surface area (Å²) in [5.41, 5.74) is 0.221. The molecule has 1 aromatic heterocycles. The standard InChI is InChI=1S/C15H15ClF3NS/c1-2-20-13(14-12(16)7-8-21-14)9-10-3-5-11(6-4-10)15(17,18)19/h3-8,13,20H,2,9H2,1H3. The topological polar surface area (TPSA) is 12.0 Å². The van der Waals surface area contributed by atoms with Crippen LogP contribution in [0, 0.1) is 0 Å². The van der Waals surface area contributed by atoms with E-state index in [-0.39, 0.29) is 6.04 Å². The van der Waals surface area contributed by atoms with E-state index in [0.717, 1.165) is 29.1 Å². The Labute approximate surface area is 130 Å². The first-order valence-corrected chi connectivity index (χ1v) is 7.80. The summed E-state index contributed by atoms with van der Waals surface area (Å²) in [6.07, 6.45) is -3.69. The van der Waals surface area contributed by atoms with Gasteiger partial charge in [-0.3, -0.25) is 0 Å². The first-order chi connectivity index (χ1) is 9.91. The summed E-state index contributed by atoms with van der Waals surface area (Å²) < 4.78 is 37.7. The second-order valence-electron chi connectivity index (χ2n) is 4.64. The Hall–Kier alpha value is -1.04. The third kappa shape index (κ3) is 4.22. The van der Waals surface area contributed by atoms with Gasteiger partial charge in [0.25, 0.3) is 0 Å². The lowest BCUT2D eigenvalue weighted by Crippen LogP contribution is -2.22. The van der Waals surface area contributed by atoms with E-state index in [9.17, 15) is 13.2 Å². The van der Waals surface area contributed by atoms with E-state index in [1.54, 1.807) is 11.3 Å². The van der Waals surface area contributed by atoms with Crippen LogP contribution < -0.4 is 5.32 Å². The number of rotatable bonds is 5. The molecular formula is C15H15ClF3NS. The molecule has 0 spiro atoms. The van der Waals surface area contributed by atoms with Gasteiger partial charge in [0, 0.05) is 10.9 Å². The lowest BCUT2D eigenvalue weighted by atomic mass is 10.0. The second kappa shape index (κ2) is 6.81. The molecule has 21 heavy (non-hydrogen) atoms. The Balaban J connectivity index is 2.16. The average molecular weight is 334 g/mol. The van der Waals surface area contributed by atoms with E-state index in [1.165, 1.54) is 12.1 Å². The Morgan fingerprint density at radius 3 is 2.33 bits per heavy atom. The van der Waals surface area contributed by atoms with Gasteiger partial charge in [-0.15, -0.1) is 11.3 Å². The van der Waals surface area contributed by atoms with Gasteiger partial charge in [-0.2, -0.15) is 13.2 Å². The number of halogens is 4. The molecule has 1 nitrogen and oxygen atoms in total. The van der Waals surface area contributed by atoms with Crippen molar-refractivity contribution in [2.75, 3.05) is 6.54 Å². The Bertz CT molecular complexity index is 577. The number of hydrogen-bond donors (Lipinski definition) is 1. The van der Waals surface area contributed by atoms with E-state index in [4.69, 9.17) is 11.6 Å². The van der Waals surface area contributed by atoms with Crippen molar-refractivity contribution >= 4 is 22.9 Å². The van der Waals surface area contributed by atoms with Gasteiger partial charge in [0.1, 0.15) is 0 Å². The maximum absolute atomic E-state index is 12.6. The molecule has 1 heterocycles. The first kappa shape index (κ1) is 16.3.